The van der Waals surface area contributed by atoms with Crippen molar-refractivity contribution >= 4 is 39.5 Å². The highest BCUT2D eigenvalue weighted by atomic mass is 31.2. The normalized spacial score (nSPS) is 14.1. The lowest BCUT2D eigenvalue weighted by molar-refractivity contribution is -0.161. The van der Waals surface area contributed by atoms with Gasteiger partial charge in [-0.25, -0.2) is 9.13 Å². The number of hydrogen-bond donors (Lipinski definition) is 3. The van der Waals surface area contributed by atoms with E-state index in [0.717, 1.165) is 114 Å². The van der Waals surface area contributed by atoms with E-state index in [-0.39, 0.29) is 25.7 Å². The Balaban J connectivity index is 5.25. The van der Waals surface area contributed by atoms with E-state index in [1.807, 2.05) is 0 Å². The van der Waals surface area contributed by atoms with Crippen LogP contribution in [0.4, 0.5) is 0 Å². The first kappa shape index (κ1) is 107. The van der Waals surface area contributed by atoms with Crippen molar-refractivity contribution in [3.8, 4) is 0 Å². The zero-order chi connectivity index (χ0) is 80.2. The van der Waals surface area contributed by atoms with Crippen molar-refractivity contribution < 1.29 is 80.2 Å². The molecular formula is C90H176O17P2. The Morgan fingerprint density at radius 3 is 0.651 bits per heavy atom. The van der Waals surface area contributed by atoms with Crippen LogP contribution in [-0.4, -0.2) is 96.7 Å². The number of phosphoric ester groups is 2. The molecule has 3 N–H and O–H groups in total. The fraction of sp³-hybridized carbons (Fsp3) is 0.956. The van der Waals surface area contributed by atoms with Crippen LogP contribution in [0.25, 0.3) is 0 Å². The van der Waals surface area contributed by atoms with Crippen LogP contribution in [-0.2, 0) is 65.4 Å². The van der Waals surface area contributed by atoms with Gasteiger partial charge in [-0.3, -0.25) is 37.3 Å². The second kappa shape index (κ2) is 78.6. The maximum Gasteiger partial charge on any atom is 0.472 e. The number of aliphatic hydroxyl groups excluding tert-OH is 1. The largest absolute Gasteiger partial charge is 0.472 e. The minimum Gasteiger partial charge on any atom is -0.462 e. The molecule has 17 nitrogen and oxygen atoms in total. The zero-order valence-corrected chi connectivity index (χ0v) is 74.0. The van der Waals surface area contributed by atoms with Gasteiger partial charge in [-0.15, -0.1) is 0 Å². The molecule has 0 rings (SSSR count). The Hall–Kier alpha value is -1.94. The molecule has 0 heterocycles. The van der Waals surface area contributed by atoms with Gasteiger partial charge in [0.15, 0.2) is 12.2 Å². The van der Waals surface area contributed by atoms with Gasteiger partial charge in [0.2, 0.25) is 0 Å². The third-order valence-electron chi connectivity index (χ3n) is 21.4. The summed E-state index contributed by atoms with van der Waals surface area (Å²) in [4.78, 5) is 73.4. The van der Waals surface area contributed by atoms with E-state index in [4.69, 9.17) is 37.0 Å². The van der Waals surface area contributed by atoms with Crippen molar-refractivity contribution in [2.75, 3.05) is 39.6 Å². The van der Waals surface area contributed by atoms with Crippen LogP contribution in [0.1, 0.15) is 473 Å². The highest BCUT2D eigenvalue weighted by Gasteiger charge is 2.31. The first-order valence-electron chi connectivity index (χ1n) is 46.2. The molecule has 19 heteroatoms. The number of esters is 4. The molecule has 0 amide bonds. The van der Waals surface area contributed by atoms with Gasteiger partial charge in [0.25, 0.3) is 0 Å². The van der Waals surface area contributed by atoms with E-state index in [0.29, 0.717) is 25.7 Å². The third kappa shape index (κ3) is 82.4. The number of carbonyl (C=O) groups is 4. The van der Waals surface area contributed by atoms with Gasteiger partial charge in [0, 0.05) is 25.7 Å². The van der Waals surface area contributed by atoms with Crippen LogP contribution < -0.4 is 0 Å². The summed E-state index contributed by atoms with van der Waals surface area (Å²) in [7, 11) is -9.94. The van der Waals surface area contributed by atoms with E-state index >= 15 is 0 Å². The summed E-state index contributed by atoms with van der Waals surface area (Å²) < 4.78 is 69.0. The fourth-order valence-corrected chi connectivity index (χ4v) is 15.6. The van der Waals surface area contributed by atoms with Crippen molar-refractivity contribution in [3.05, 3.63) is 0 Å². The first-order chi connectivity index (χ1) is 52.6. The summed E-state index contributed by atoms with van der Waals surface area (Å²) in [5.41, 5.74) is 0. The SMILES string of the molecule is CCC(C)CCCCCCCCCCCCCCCCCCCCC(=O)O[C@H](COC(=O)CCCCCCCCCCCCCCCCCC(C)C)COP(=O)(O)OC[C@@H](O)COP(=O)(O)OC[C@@H](COC(=O)CCCCCCCCCCCC(C)C)OC(=O)CCCCCCCCCCCCCCCCC(C)C. The molecule has 0 aromatic rings. The predicted octanol–water partition coefficient (Wildman–Crippen LogP) is 27.5. The summed E-state index contributed by atoms with van der Waals surface area (Å²) >= 11 is 0. The molecule has 109 heavy (non-hydrogen) atoms. The van der Waals surface area contributed by atoms with Gasteiger partial charge in [0.1, 0.15) is 19.3 Å². The number of rotatable bonds is 87. The Morgan fingerprint density at radius 1 is 0.257 bits per heavy atom. The number of aliphatic hydroxyl groups is 1. The van der Waals surface area contributed by atoms with Gasteiger partial charge in [-0.2, -0.15) is 0 Å². The molecule has 0 radical (unpaired) electrons. The van der Waals surface area contributed by atoms with Crippen molar-refractivity contribution in [1.82, 2.24) is 0 Å². The van der Waals surface area contributed by atoms with Crippen molar-refractivity contribution in [1.29, 1.82) is 0 Å². The molecule has 0 aromatic heterocycles. The van der Waals surface area contributed by atoms with Crippen LogP contribution in [0.15, 0.2) is 0 Å². The van der Waals surface area contributed by atoms with Crippen LogP contribution >= 0.6 is 15.6 Å². The molecule has 0 aromatic carbocycles. The predicted molar refractivity (Wildman–Crippen MR) is 451 cm³/mol. The van der Waals surface area contributed by atoms with Crippen molar-refractivity contribution in [2.24, 2.45) is 23.7 Å². The maximum atomic E-state index is 13.2. The number of hydrogen-bond acceptors (Lipinski definition) is 15. The standard InChI is InChI=1S/C90H176O17P2/c1-9-83(8)69-61-53-45-37-29-23-16-12-10-11-13-17-25-31-39-48-56-64-72-89(94)106-85(76-100-87(92)70-62-54-46-38-30-24-18-14-15-21-27-34-42-50-58-66-80(2)3)78-104-108(96,97)102-74-84(91)75-103-109(98,99)105-79-86(77-101-88(93)71-63-55-47-41-33-36-44-52-60-68-82(6)7)107-90(95)73-65-57-49-40-32-26-20-19-22-28-35-43-51-59-67-81(4)5/h80-86,91H,9-79H2,1-8H3,(H,96,97)(H,98,99)/t83?,84-,85-,86-/m1/s1. The molecule has 0 aliphatic heterocycles. The number of phosphoric acid groups is 2. The summed E-state index contributed by atoms with van der Waals surface area (Å²) in [6, 6.07) is 0. The monoisotopic (exact) mass is 1590 g/mol. The van der Waals surface area contributed by atoms with Crippen LogP contribution in [0, 0.1) is 23.7 Å². The smallest absolute Gasteiger partial charge is 0.462 e. The zero-order valence-electron chi connectivity index (χ0n) is 72.2. The topological polar surface area (TPSA) is 237 Å². The maximum absolute atomic E-state index is 13.2. The van der Waals surface area contributed by atoms with E-state index < -0.39 is 97.5 Å². The number of ether oxygens (including phenoxy) is 4. The second-order valence-corrected chi connectivity index (χ2v) is 36.9. The molecule has 0 aliphatic rings. The summed E-state index contributed by atoms with van der Waals surface area (Å²) in [5, 5.41) is 10.7. The molecule has 0 spiro atoms. The quantitative estimate of drug-likeness (QED) is 0.0222. The van der Waals surface area contributed by atoms with E-state index in [2.05, 4.69) is 55.4 Å². The molecule has 6 atom stereocenters. The lowest BCUT2D eigenvalue weighted by Crippen LogP contribution is -2.30. The minimum atomic E-state index is -4.97. The van der Waals surface area contributed by atoms with Gasteiger partial charge in [0.05, 0.1) is 26.4 Å². The van der Waals surface area contributed by atoms with Crippen LogP contribution in [0.3, 0.4) is 0 Å². The van der Waals surface area contributed by atoms with Gasteiger partial charge < -0.3 is 33.8 Å². The van der Waals surface area contributed by atoms with Crippen LogP contribution in [0.5, 0.6) is 0 Å². The fourth-order valence-electron chi connectivity index (χ4n) is 14.0. The Morgan fingerprint density at radius 2 is 0.440 bits per heavy atom. The molecule has 0 aliphatic carbocycles. The molecule has 0 saturated heterocycles. The van der Waals surface area contributed by atoms with Gasteiger partial charge in [-0.05, 0) is 49.4 Å². The van der Waals surface area contributed by atoms with Crippen molar-refractivity contribution in [3.63, 3.8) is 0 Å². The molecule has 648 valence electrons. The summed E-state index contributed by atoms with van der Waals surface area (Å²) in [6.07, 6.45) is 69.4. The average molecular weight is 1590 g/mol. The van der Waals surface area contributed by atoms with Crippen LogP contribution in [0.2, 0.25) is 0 Å². The Labute approximate surface area is 670 Å². The van der Waals surface area contributed by atoms with E-state index in [1.165, 1.54) is 276 Å². The Kier molecular flexibility index (Phi) is 77.2. The Bertz CT molecular complexity index is 2110. The number of carbonyl (C=O) groups excluding carboxylic acids is 4. The molecule has 0 fully saturated rings. The van der Waals surface area contributed by atoms with E-state index in [1.54, 1.807) is 0 Å². The lowest BCUT2D eigenvalue weighted by atomic mass is 9.99. The summed E-state index contributed by atoms with van der Waals surface area (Å²) in [5.74, 6) is 1.11. The van der Waals surface area contributed by atoms with Gasteiger partial charge >= 0.3 is 39.5 Å². The summed E-state index contributed by atoms with van der Waals surface area (Å²) in [6.45, 7) is 14.4. The van der Waals surface area contributed by atoms with Gasteiger partial charge in [-0.1, -0.05) is 421 Å². The molecule has 3 unspecified atom stereocenters. The van der Waals surface area contributed by atoms with E-state index in [9.17, 15) is 43.2 Å². The molecule has 0 saturated carbocycles. The highest BCUT2D eigenvalue weighted by Crippen LogP contribution is 2.45. The first-order valence-corrected chi connectivity index (χ1v) is 49.2. The minimum absolute atomic E-state index is 0.107. The lowest BCUT2D eigenvalue weighted by Gasteiger charge is -2.21. The highest BCUT2D eigenvalue weighted by molar-refractivity contribution is 7.47. The average Bonchev–Trinajstić information content (AvgIpc) is 0.902. The third-order valence-corrected chi connectivity index (χ3v) is 23.3. The second-order valence-electron chi connectivity index (χ2n) is 34.0. The van der Waals surface area contributed by atoms with Crippen molar-refractivity contribution in [2.45, 2.75) is 491 Å². The molecule has 0 bridgehead atoms. The number of unbranched alkanes of at least 4 members (excludes halogenated alkanes) is 52. The molecular weight excluding hydrogens is 1410 g/mol.